The molecule has 0 aromatic carbocycles. The number of aliphatic carboxylic acids is 1. The van der Waals surface area contributed by atoms with Gasteiger partial charge in [0.25, 0.3) is 0 Å². The zero-order chi connectivity index (χ0) is 15.7. The van der Waals surface area contributed by atoms with Crippen molar-refractivity contribution in [3.05, 3.63) is 0 Å². The summed E-state index contributed by atoms with van der Waals surface area (Å²) in [5.41, 5.74) is 0. The minimum absolute atomic E-state index is 0.109. The highest BCUT2D eigenvalue weighted by atomic mass is 32.2. The summed E-state index contributed by atoms with van der Waals surface area (Å²) in [5.74, 6) is -0.919. The normalized spacial score (nSPS) is 13.7. The molecule has 0 heterocycles. The fourth-order valence-electron chi connectivity index (χ4n) is 1.36. The topological polar surface area (TPSA) is 95.5 Å². The molecular formula is C13H24N2O4S. The van der Waals surface area contributed by atoms with Crippen LogP contribution in [0, 0.1) is 5.92 Å². The molecule has 0 aromatic heterocycles. The van der Waals surface area contributed by atoms with E-state index in [1.165, 1.54) is 18.7 Å². The first-order valence-electron chi connectivity index (χ1n) is 6.63. The second-order valence-electron chi connectivity index (χ2n) is 5.04. The number of nitrogens with one attached hydrogen (secondary N) is 2. The summed E-state index contributed by atoms with van der Waals surface area (Å²) in [4.78, 5) is 33.6. The van der Waals surface area contributed by atoms with Gasteiger partial charge in [-0.1, -0.05) is 13.8 Å². The first-order chi connectivity index (χ1) is 9.23. The molecule has 20 heavy (non-hydrogen) atoms. The Kier molecular flexibility index (Phi) is 9.03. The lowest BCUT2D eigenvalue weighted by atomic mass is 10.1. The van der Waals surface area contributed by atoms with E-state index in [1.54, 1.807) is 6.92 Å². The second-order valence-corrected chi connectivity index (χ2v) is 6.41. The fourth-order valence-corrected chi connectivity index (χ4v) is 2.31. The van der Waals surface area contributed by atoms with Gasteiger partial charge in [0.2, 0.25) is 11.8 Å². The van der Waals surface area contributed by atoms with E-state index in [0.29, 0.717) is 12.5 Å². The number of amides is 2. The third kappa shape index (κ3) is 8.79. The fraction of sp³-hybridized carbons (Fsp3) is 0.769. The van der Waals surface area contributed by atoms with E-state index in [2.05, 4.69) is 24.5 Å². The molecule has 0 aliphatic carbocycles. The minimum Gasteiger partial charge on any atom is -0.480 e. The number of carboxylic acids is 1. The third-order valence-electron chi connectivity index (χ3n) is 2.58. The van der Waals surface area contributed by atoms with Crippen molar-refractivity contribution in [2.45, 2.75) is 45.4 Å². The van der Waals surface area contributed by atoms with Crippen molar-refractivity contribution in [2.24, 2.45) is 5.92 Å². The van der Waals surface area contributed by atoms with Crippen molar-refractivity contribution in [3.8, 4) is 0 Å². The summed E-state index contributed by atoms with van der Waals surface area (Å²) in [6, 6.07) is -0.969. The summed E-state index contributed by atoms with van der Waals surface area (Å²) in [6.07, 6.45) is 0.909. The molecular weight excluding hydrogens is 280 g/mol. The van der Waals surface area contributed by atoms with Crippen LogP contribution in [0.3, 0.4) is 0 Å². The van der Waals surface area contributed by atoms with Gasteiger partial charge < -0.3 is 15.7 Å². The van der Waals surface area contributed by atoms with E-state index in [9.17, 15) is 14.4 Å². The lowest BCUT2D eigenvalue weighted by molar-refractivity contribution is -0.140. The number of carbonyl (C=O) groups excluding carboxylic acids is 2. The predicted molar refractivity (Wildman–Crippen MR) is 79.6 cm³/mol. The van der Waals surface area contributed by atoms with Gasteiger partial charge in [-0.2, -0.15) is 0 Å². The lowest BCUT2D eigenvalue weighted by Gasteiger charge is -2.16. The average Bonchev–Trinajstić information content (AvgIpc) is 2.32. The first-order valence-corrected chi connectivity index (χ1v) is 7.68. The summed E-state index contributed by atoms with van der Waals surface area (Å²) >= 11 is 1.21. The van der Waals surface area contributed by atoms with Crippen molar-refractivity contribution in [2.75, 3.05) is 12.3 Å². The predicted octanol–water partition coefficient (Wildman–Crippen LogP) is 0.860. The van der Waals surface area contributed by atoms with Crippen LogP contribution >= 0.6 is 11.8 Å². The lowest BCUT2D eigenvalue weighted by Crippen LogP contribution is -2.42. The van der Waals surface area contributed by atoms with Gasteiger partial charge in [-0.15, -0.1) is 11.8 Å². The number of carbonyl (C=O) groups is 3. The number of thioether (sulfide) groups is 1. The highest BCUT2D eigenvalue weighted by Crippen LogP contribution is 2.12. The largest absolute Gasteiger partial charge is 0.480 e. The Morgan fingerprint density at radius 2 is 1.80 bits per heavy atom. The average molecular weight is 304 g/mol. The maximum Gasteiger partial charge on any atom is 0.327 e. The smallest absolute Gasteiger partial charge is 0.327 e. The Labute approximate surface area is 124 Å². The zero-order valence-electron chi connectivity index (χ0n) is 12.4. The van der Waals surface area contributed by atoms with Crippen LogP contribution in [0.1, 0.15) is 34.1 Å². The summed E-state index contributed by atoms with van der Waals surface area (Å²) in [7, 11) is 0. The number of hydrogen-bond donors (Lipinski definition) is 3. The number of carboxylic acid groups (broad SMARTS) is 1. The first kappa shape index (κ1) is 18.8. The Morgan fingerprint density at radius 1 is 1.20 bits per heavy atom. The van der Waals surface area contributed by atoms with Crippen molar-refractivity contribution < 1.29 is 19.5 Å². The molecule has 116 valence electrons. The van der Waals surface area contributed by atoms with E-state index in [-0.39, 0.29) is 16.9 Å². The van der Waals surface area contributed by atoms with Gasteiger partial charge in [-0.3, -0.25) is 9.59 Å². The monoisotopic (exact) mass is 304 g/mol. The molecule has 0 rings (SSSR count). The molecule has 7 heteroatoms. The molecule has 0 fully saturated rings. The van der Waals surface area contributed by atoms with Crippen molar-refractivity contribution >= 4 is 29.5 Å². The summed E-state index contributed by atoms with van der Waals surface area (Å²) in [6.45, 7) is 7.77. The van der Waals surface area contributed by atoms with Crippen molar-refractivity contribution in [1.29, 1.82) is 0 Å². The van der Waals surface area contributed by atoms with Crippen LogP contribution in [0.2, 0.25) is 0 Å². The van der Waals surface area contributed by atoms with E-state index in [4.69, 9.17) is 5.11 Å². The molecule has 0 radical (unpaired) electrons. The SMILES string of the molecule is CC(=O)N[C@@H](CSC(C)C(=O)NCCC(C)C)C(=O)O. The molecule has 2 amide bonds. The van der Waals surface area contributed by atoms with Crippen molar-refractivity contribution in [1.82, 2.24) is 10.6 Å². The van der Waals surface area contributed by atoms with E-state index in [0.717, 1.165) is 6.42 Å². The van der Waals surface area contributed by atoms with E-state index >= 15 is 0 Å². The Morgan fingerprint density at radius 3 is 2.25 bits per heavy atom. The van der Waals surface area contributed by atoms with Crippen LogP contribution in [-0.2, 0) is 14.4 Å². The maximum atomic E-state index is 11.8. The Hall–Kier alpha value is -1.24. The second kappa shape index (κ2) is 9.63. The van der Waals surface area contributed by atoms with Crippen LogP contribution in [0.15, 0.2) is 0 Å². The Bertz CT molecular complexity index is 347. The molecule has 0 bridgehead atoms. The molecule has 2 atom stereocenters. The molecule has 0 saturated carbocycles. The molecule has 0 aliphatic rings. The van der Waals surface area contributed by atoms with E-state index < -0.39 is 17.9 Å². The summed E-state index contributed by atoms with van der Waals surface area (Å²) < 4.78 is 0. The molecule has 0 spiro atoms. The number of hydrogen-bond acceptors (Lipinski definition) is 4. The Balaban J connectivity index is 4.10. The van der Waals surface area contributed by atoms with Gasteiger partial charge in [0, 0.05) is 19.2 Å². The van der Waals surface area contributed by atoms with Crippen LogP contribution in [0.5, 0.6) is 0 Å². The van der Waals surface area contributed by atoms with Crippen LogP contribution in [-0.4, -0.2) is 46.5 Å². The molecule has 0 saturated heterocycles. The highest BCUT2D eigenvalue weighted by Gasteiger charge is 2.21. The van der Waals surface area contributed by atoms with Crippen LogP contribution in [0.4, 0.5) is 0 Å². The molecule has 0 aromatic rings. The van der Waals surface area contributed by atoms with Gasteiger partial charge in [0.15, 0.2) is 0 Å². The van der Waals surface area contributed by atoms with Gasteiger partial charge in [0.05, 0.1) is 5.25 Å². The molecule has 0 aliphatic heterocycles. The molecule has 3 N–H and O–H groups in total. The highest BCUT2D eigenvalue weighted by molar-refractivity contribution is 8.00. The number of rotatable bonds is 9. The van der Waals surface area contributed by atoms with Crippen LogP contribution in [0.25, 0.3) is 0 Å². The van der Waals surface area contributed by atoms with Crippen molar-refractivity contribution in [3.63, 3.8) is 0 Å². The minimum atomic E-state index is -1.10. The molecule has 6 nitrogen and oxygen atoms in total. The van der Waals surface area contributed by atoms with E-state index in [1.807, 2.05) is 0 Å². The quantitative estimate of drug-likeness (QED) is 0.587. The van der Waals surface area contributed by atoms with Gasteiger partial charge in [-0.05, 0) is 19.3 Å². The molecule has 1 unspecified atom stereocenters. The summed E-state index contributed by atoms with van der Waals surface area (Å²) in [5, 5.41) is 13.8. The third-order valence-corrected chi connectivity index (χ3v) is 3.82. The zero-order valence-corrected chi connectivity index (χ0v) is 13.3. The van der Waals surface area contributed by atoms with Gasteiger partial charge in [-0.25, -0.2) is 4.79 Å². The van der Waals surface area contributed by atoms with Gasteiger partial charge in [0.1, 0.15) is 6.04 Å². The standard InChI is InChI=1S/C13H24N2O4S/c1-8(2)5-6-14-12(17)9(3)20-7-11(13(18)19)15-10(4)16/h8-9,11H,5-7H2,1-4H3,(H,14,17)(H,15,16)(H,18,19)/t9?,11-/m0/s1. The van der Waals surface area contributed by atoms with Crippen LogP contribution < -0.4 is 10.6 Å². The van der Waals surface area contributed by atoms with Gasteiger partial charge >= 0.3 is 5.97 Å². The maximum absolute atomic E-state index is 11.8.